The minimum atomic E-state index is -1.10. The van der Waals surface area contributed by atoms with Crippen LogP contribution in [-0.4, -0.2) is 28.5 Å². The van der Waals surface area contributed by atoms with Crippen LogP contribution < -0.4 is 4.90 Å². The van der Waals surface area contributed by atoms with Crippen LogP contribution in [0.4, 0.5) is 5.69 Å². The van der Waals surface area contributed by atoms with E-state index in [9.17, 15) is 9.59 Å². The third kappa shape index (κ3) is 3.39. The molecule has 0 spiro atoms. The molecule has 0 saturated heterocycles. The summed E-state index contributed by atoms with van der Waals surface area (Å²) in [5, 5.41) is 8.90. The summed E-state index contributed by atoms with van der Waals surface area (Å²) in [6.07, 6.45) is 4.85. The number of pyridine rings is 1. The fraction of sp³-hybridized carbons (Fsp3) is 0.278. The minimum absolute atomic E-state index is 0.0631. The molecule has 5 heteroatoms. The van der Waals surface area contributed by atoms with Gasteiger partial charge in [0.2, 0.25) is 0 Å². The molecule has 1 saturated carbocycles. The molecule has 1 fully saturated rings. The number of carboxylic acids is 1. The quantitative estimate of drug-likeness (QED) is 0.920. The normalized spacial score (nSPS) is 14.1. The maximum atomic E-state index is 12.8. The molecule has 1 N–H and O–H groups in total. The highest BCUT2D eigenvalue weighted by Crippen LogP contribution is 2.29. The maximum absolute atomic E-state index is 12.8. The fourth-order valence-electron chi connectivity index (χ4n) is 2.65. The number of nitrogens with zero attached hydrogens (tertiary/aromatic N) is 2. The Bertz CT molecular complexity index is 694. The Morgan fingerprint density at radius 2 is 1.87 bits per heavy atom. The first kappa shape index (κ1) is 15.2. The smallest absolute Gasteiger partial charge is 0.354 e. The summed E-state index contributed by atoms with van der Waals surface area (Å²) in [6, 6.07) is 12.4. The Labute approximate surface area is 134 Å². The van der Waals surface area contributed by atoms with Gasteiger partial charge in [-0.15, -0.1) is 0 Å². The second-order valence-corrected chi connectivity index (χ2v) is 5.79. The standard InChI is InChI=1S/C18H18N2O3/c21-17(14-9-10-16(18(22)23)19-11-14)20(12-13-5-4-6-13)15-7-2-1-3-8-15/h1-3,7-11,13H,4-6,12H2,(H,22,23). The summed E-state index contributed by atoms with van der Waals surface area (Å²) >= 11 is 0. The summed E-state index contributed by atoms with van der Waals surface area (Å²) in [5.41, 5.74) is 1.19. The van der Waals surface area contributed by atoms with Gasteiger partial charge in [0.05, 0.1) is 5.56 Å². The first-order valence-corrected chi connectivity index (χ1v) is 7.71. The second-order valence-electron chi connectivity index (χ2n) is 5.79. The van der Waals surface area contributed by atoms with Crippen LogP contribution in [0.5, 0.6) is 0 Å². The molecule has 5 nitrogen and oxygen atoms in total. The highest BCUT2D eigenvalue weighted by Gasteiger charge is 2.25. The molecule has 1 aliphatic carbocycles. The van der Waals surface area contributed by atoms with Crippen molar-refractivity contribution in [2.45, 2.75) is 19.3 Å². The number of para-hydroxylation sites is 1. The number of carbonyl (C=O) groups excluding carboxylic acids is 1. The SMILES string of the molecule is O=C(O)c1ccc(C(=O)N(CC2CCC2)c2ccccc2)cn1. The van der Waals surface area contributed by atoms with Crippen molar-refractivity contribution in [3.05, 3.63) is 59.9 Å². The number of anilines is 1. The highest BCUT2D eigenvalue weighted by molar-refractivity contribution is 6.06. The van der Waals surface area contributed by atoms with Gasteiger partial charge in [-0.2, -0.15) is 0 Å². The molecule has 3 rings (SSSR count). The fourth-order valence-corrected chi connectivity index (χ4v) is 2.65. The predicted octanol–water partition coefficient (Wildman–Crippen LogP) is 3.23. The zero-order valence-corrected chi connectivity index (χ0v) is 12.7. The van der Waals surface area contributed by atoms with Crippen molar-refractivity contribution in [3.8, 4) is 0 Å². The van der Waals surface area contributed by atoms with Crippen LogP contribution in [-0.2, 0) is 0 Å². The Kier molecular flexibility index (Phi) is 4.37. The average molecular weight is 310 g/mol. The number of aromatic carboxylic acids is 1. The van der Waals surface area contributed by atoms with E-state index in [1.54, 1.807) is 4.90 Å². The molecule has 0 radical (unpaired) electrons. The molecule has 2 aromatic rings. The highest BCUT2D eigenvalue weighted by atomic mass is 16.4. The van der Waals surface area contributed by atoms with Crippen LogP contribution in [0.25, 0.3) is 0 Å². The van der Waals surface area contributed by atoms with E-state index in [1.807, 2.05) is 30.3 Å². The Morgan fingerprint density at radius 3 is 2.39 bits per heavy atom. The van der Waals surface area contributed by atoms with Crippen LogP contribution in [0.2, 0.25) is 0 Å². The van der Waals surface area contributed by atoms with Gasteiger partial charge in [-0.3, -0.25) is 4.79 Å². The number of rotatable bonds is 5. The van der Waals surface area contributed by atoms with Gasteiger partial charge in [0.1, 0.15) is 5.69 Å². The minimum Gasteiger partial charge on any atom is -0.477 e. The van der Waals surface area contributed by atoms with Crippen LogP contribution in [0.1, 0.15) is 40.1 Å². The van der Waals surface area contributed by atoms with Crippen LogP contribution in [0.15, 0.2) is 48.7 Å². The molecule has 0 aliphatic heterocycles. The lowest BCUT2D eigenvalue weighted by molar-refractivity contribution is 0.0690. The predicted molar refractivity (Wildman–Crippen MR) is 86.7 cm³/mol. The maximum Gasteiger partial charge on any atom is 0.354 e. The third-order valence-electron chi connectivity index (χ3n) is 4.21. The number of carbonyl (C=O) groups is 2. The van der Waals surface area contributed by atoms with E-state index in [-0.39, 0.29) is 11.6 Å². The van der Waals surface area contributed by atoms with Crippen molar-refractivity contribution < 1.29 is 14.7 Å². The van der Waals surface area contributed by atoms with Crippen molar-refractivity contribution in [1.82, 2.24) is 4.98 Å². The molecular weight excluding hydrogens is 292 g/mol. The zero-order chi connectivity index (χ0) is 16.2. The van der Waals surface area contributed by atoms with Gasteiger partial charge >= 0.3 is 5.97 Å². The largest absolute Gasteiger partial charge is 0.477 e. The summed E-state index contributed by atoms with van der Waals surface area (Å²) in [4.78, 5) is 29.3. The molecular formula is C18H18N2O3. The Balaban J connectivity index is 1.85. The molecule has 1 aromatic carbocycles. The van der Waals surface area contributed by atoms with E-state index < -0.39 is 5.97 Å². The summed E-state index contributed by atoms with van der Waals surface area (Å²) in [7, 11) is 0. The van der Waals surface area contributed by atoms with E-state index >= 15 is 0 Å². The Hall–Kier alpha value is -2.69. The third-order valence-corrected chi connectivity index (χ3v) is 4.21. The van der Waals surface area contributed by atoms with Crippen molar-refractivity contribution in [2.24, 2.45) is 5.92 Å². The number of aromatic nitrogens is 1. The molecule has 1 aromatic heterocycles. The summed E-state index contributed by atoms with van der Waals surface area (Å²) < 4.78 is 0. The van der Waals surface area contributed by atoms with Crippen molar-refractivity contribution >= 4 is 17.6 Å². The van der Waals surface area contributed by atoms with E-state index in [4.69, 9.17) is 5.11 Å². The van der Waals surface area contributed by atoms with E-state index in [1.165, 1.54) is 24.8 Å². The monoisotopic (exact) mass is 310 g/mol. The molecule has 0 atom stereocenters. The lowest BCUT2D eigenvalue weighted by Gasteiger charge is -2.32. The van der Waals surface area contributed by atoms with Gasteiger partial charge in [0, 0.05) is 18.4 Å². The number of hydrogen-bond acceptors (Lipinski definition) is 3. The van der Waals surface area contributed by atoms with Crippen molar-refractivity contribution in [2.75, 3.05) is 11.4 Å². The van der Waals surface area contributed by atoms with Gasteiger partial charge in [-0.05, 0) is 43.0 Å². The van der Waals surface area contributed by atoms with E-state index in [0.717, 1.165) is 18.5 Å². The molecule has 0 bridgehead atoms. The summed E-state index contributed by atoms with van der Waals surface area (Å²) in [5.74, 6) is -0.712. The first-order chi connectivity index (χ1) is 11.1. The number of amides is 1. The van der Waals surface area contributed by atoms with Crippen LogP contribution >= 0.6 is 0 Å². The van der Waals surface area contributed by atoms with Gasteiger partial charge in [-0.1, -0.05) is 24.6 Å². The summed E-state index contributed by atoms with van der Waals surface area (Å²) in [6.45, 7) is 0.684. The van der Waals surface area contributed by atoms with Crippen LogP contribution in [0.3, 0.4) is 0 Å². The molecule has 23 heavy (non-hydrogen) atoms. The molecule has 1 amide bonds. The molecule has 1 aliphatic rings. The van der Waals surface area contributed by atoms with E-state index in [0.29, 0.717) is 18.0 Å². The molecule has 1 heterocycles. The number of benzene rings is 1. The van der Waals surface area contributed by atoms with Gasteiger partial charge in [0.15, 0.2) is 0 Å². The number of hydrogen-bond donors (Lipinski definition) is 1. The van der Waals surface area contributed by atoms with E-state index in [2.05, 4.69) is 4.98 Å². The van der Waals surface area contributed by atoms with Crippen molar-refractivity contribution in [1.29, 1.82) is 0 Å². The zero-order valence-electron chi connectivity index (χ0n) is 12.7. The lowest BCUT2D eigenvalue weighted by atomic mass is 9.85. The lowest BCUT2D eigenvalue weighted by Crippen LogP contribution is -2.37. The topological polar surface area (TPSA) is 70.5 Å². The van der Waals surface area contributed by atoms with Crippen LogP contribution in [0, 0.1) is 5.92 Å². The van der Waals surface area contributed by atoms with Gasteiger partial charge < -0.3 is 10.0 Å². The first-order valence-electron chi connectivity index (χ1n) is 7.71. The second kappa shape index (κ2) is 6.60. The van der Waals surface area contributed by atoms with Gasteiger partial charge in [0.25, 0.3) is 5.91 Å². The van der Waals surface area contributed by atoms with Gasteiger partial charge in [-0.25, -0.2) is 9.78 Å². The molecule has 118 valence electrons. The number of carboxylic acid groups (broad SMARTS) is 1. The molecule has 0 unspecified atom stereocenters. The van der Waals surface area contributed by atoms with Crippen molar-refractivity contribution in [3.63, 3.8) is 0 Å². The Morgan fingerprint density at radius 1 is 1.13 bits per heavy atom. The average Bonchev–Trinajstić information content (AvgIpc) is 2.54.